The van der Waals surface area contributed by atoms with Gasteiger partial charge in [0.25, 0.3) is 0 Å². The molecule has 0 amide bonds. The van der Waals surface area contributed by atoms with Crippen molar-refractivity contribution in [3.05, 3.63) is 26.6 Å². The van der Waals surface area contributed by atoms with Crippen LogP contribution >= 0.6 is 22.7 Å². The van der Waals surface area contributed by atoms with E-state index in [4.69, 9.17) is 5.11 Å². The lowest BCUT2D eigenvalue weighted by molar-refractivity contribution is 0.0702. The van der Waals surface area contributed by atoms with Crippen LogP contribution in [0, 0.1) is 0 Å². The summed E-state index contributed by atoms with van der Waals surface area (Å²) in [4.78, 5) is 22.3. The molecule has 0 aliphatic heterocycles. The van der Waals surface area contributed by atoms with Crippen molar-refractivity contribution in [2.75, 3.05) is 6.26 Å². The van der Waals surface area contributed by atoms with Crippen LogP contribution in [0.4, 0.5) is 0 Å². The number of thiophene rings is 2. The molecule has 19 heavy (non-hydrogen) atoms. The topological polar surface area (TPSA) is 88.5 Å². The van der Waals surface area contributed by atoms with Gasteiger partial charge in [-0.2, -0.15) is 0 Å². The number of carbonyl (C=O) groups is 2. The Bertz CT molecular complexity index is 751. The van der Waals surface area contributed by atoms with E-state index in [1.54, 1.807) is 11.4 Å². The monoisotopic (exact) mass is 316 g/mol. The molecule has 8 heteroatoms. The summed E-state index contributed by atoms with van der Waals surface area (Å²) in [6, 6.07) is 1.55. The molecule has 2 aromatic rings. The first kappa shape index (κ1) is 13.9. The third-order valence-electron chi connectivity index (χ3n) is 2.42. The highest BCUT2D eigenvalue weighted by Crippen LogP contribution is 2.38. The van der Waals surface area contributed by atoms with Gasteiger partial charge in [0.1, 0.15) is 4.88 Å². The molecule has 0 radical (unpaired) electrons. The first-order valence-corrected chi connectivity index (χ1v) is 8.59. The second-order valence-electron chi connectivity index (χ2n) is 3.70. The molecule has 5 nitrogen and oxygen atoms in total. The number of carbonyl (C=O) groups excluding carboxylic acids is 1. The minimum atomic E-state index is -3.56. The van der Waals surface area contributed by atoms with Gasteiger partial charge in [0.05, 0.1) is 9.77 Å². The number of carboxylic acids is 1. The van der Waals surface area contributed by atoms with Gasteiger partial charge in [0, 0.05) is 22.8 Å². The summed E-state index contributed by atoms with van der Waals surface area (Å²) in [5.41, 5.74) is 0.447. The molecule has 0 aliphatic rings. The predicted octanol–water partition coefficient (Wildman–Crippen LogP) is 2.39. The van der Waals surface area contributed by atoms with Crippen LogP contribution in [0.25, 0.3) is 11.1 Å². The highest BCUT2D eigenvalue weighted by molar-refractivity contribution is 7.91. The van der Waals surface area contributed by atoms with Gasteiger partial charge in [-0.15, -0.1) is 22.7 Å². The first-order chi connectivity index (χ1) is 8.86. The van der Waals surface area contributed by atoms with Crippen LogP contribution in [0.2, 0.25) is 0 Å². The average Bonchev–Trinajstić information content (AvgIpc) is 2.93. The van der Waals surface area contributed by atoms with Crippen LogP contribution in [0.1, 0.15) is 19.3 Å². The van der Waals surface area contributed by atoms with Gasteiger partial charge in [-0.1, -0.05) is 0 Å². The lowest BCUT2D eigenvalue weighted by atomic mass is 10.1. The normalized spacial score (nSPS) is 11.4. The third kappa shape index (κ3) is 2.46. The van der Waals surface area contributed by atoms with Crippen molar-refractivity contribution in [3.63, 3.8) is 0 Å². The van der Waals surface area contributed by atoms with Crippen LogP contribution in [-0.2, 0) is 9.84 Å². The van der Waals surface area contributed by atoms with Crippen LogP contribution < -0.4 is 0 Å². The van der Waals surface area contributed by atoms with Crippen molar-refractivity contribution in [3.8, 4) is 11.1 Å². The SMILES string of the molecule is CS(=O)(=O)c1csc(C(=O)O)c1-c1ccsc1C=O. The lowest BCUT2D eigenvalue weighted by Gasteiger charge is -2.03. The summed E-state index contributed by atoms with van der Waals surface area (Å²) in [6.07, 6.45) is 1.60. The van der Waals surface area contributed by atoms with Gasteiger partial charge in [-0.05, 0) is 11.4 Å². The minimum absolute atomic E-state index is 0.0589. The number of hydrogen-bond donors (Lipinski definition) is 1. The molecular weight excluding hydrogens is 308 g/mol. The van der Waals surface area contributed by atoms with E-state index >= 15 is 0 Å². The number of hydrogen-bond acceptors (Lipinski definition) is 6. The summed E-state index contributed by atoms with van der Waals surface area (Å²) < 4.78 is 23.4. The molecule has 1 N–H and O–H groups in total. The van der Waals surface area contributed by atoms with Crippen LogP contribution in [0.15, 0.2) is 21.7 Å². The summed E-state index contributed by atoms with van der Waals surface area (Å²) in [7, 11) is -3.56. The largest absolute Gasteiger partial charge is 0.477 e. The number of rotatable bonds is 4. The van der Waals surface area contributed by atoms with E-state index in [1.807, 2.05) is 0 Å². The van der Waals surface area contributed by atoms with E-state index < -0.39 is 15.8 Å². The van der Waals surface area contributed by atoms with E-state index in [2.05, 4.69) is 0 Å². The molecule has 100 valence electrons. The molecule has 0 aliphatic carbocycles. The second kappa shape index (κ2) is 4.87. The van der Waals surface area contributed by atoms with Crippen molar-refractivity contribution in [1.29, 1.82) is 0 Å². The molecule has 0 atom stereocenters. The van der Waals surface area contributed by atoms with E-state index in [-0.39, 0.29) is 15.3 Å². The van der Waals surface area contributed by atoms with Gasteiger partial charge in [0.2, 0.25) is 0 Å². The van der Waals surface area contributed by atoms with Crippen molar-refractivity contribution >= 4 is 44.8 Å². The molecule has 0 saturated carbocycles. The third-order valence-corrected chi connectivity index (χ3v) is 5.50. The molecule has 0 bridgehead atoms. The fourth-order valence-corrected chi connectivity index (χ4v) is 4.62. The Kier molecular flexibility index (Phi) is 3.57. The molecule has 0 saturated heterocycles. The molecule has 0 aromatic carbocycles. The number of carboxylic acid groups (broad SMARTS) is 1. The van der Waals surface area contributed by atoms with E-state index in [9.17, 15) is 18.0 Å². The fraction of sp³-hybridized carbons (Fsp3) is 0.0909. The maximum absolute atomic E-state index is 11.7. The zero-order chi connectivity index (χ0) is 14.2. The standard InChI is InChI=1S/C11H8O5S3/c1-19(15,16)8-5-18-10(11(13)14)9(8)6-2-3-17-7(6)4-12/h2-5H,1H3,(H,13,14). The lowest BCUT2D eigenvalue weighted by Crippen LogP contribution is -2.01. The Morgan fingerprint density at radius 1 is 1.37 bits per heavy atom. The van der Waals surface area contributed by atoms with Gasteiger partial charge < -0.3 is 5.11 Å². The van der Waals surface area contributed by atoms with Crippen molar-refractivity contribution in [1.82, 2.24) is 0 Å². The van der Waals surface area contributed by atoms with Gasteiger partial charge >= 0.3 is 5.97 Å². The summed E-state index contributed by atoms with van der Waals surface area (Å²) >= 11 is 1.97. The van der Waals surface area contributed by atoms with E-state index in [1.165, 1.54) is 5.38 Å². The van der Waals surface area contributed by atoms with Crippen molar-refractivity contribution in [2.45, 2.75) is 4.90 Å². The quantitative estimate of drug-likeness (QED) is 0.875. The van der Waals surface area contributed by atoms with Crippen LogP contribution in [0.5, 0.6) is 0 Å². The predicted molar refractivity (Wildman–Crippen MR) is 73.1 cm³/mol. The van der Waals surface area contributed by atoms with Crippen molar-refractivity contribution in [2.24, 2.45) is 0 Å². The molecule has 2 heterocycles. The Balaban J connectivity index is 2.83. The Hall–Kier alpha value is -1.51. The van der Waals surface area contributed by atoms with Gasteiger partial charge in [0.15, 0.2) is 16.1 Å². The highest BCUT2D eigenvalue weighted by Gasteiger charge is 2.26. The summed E-state index contributed by atoms with van der Waals surface area (Å²) in [5, 5.41) is 12.0. The number of sulfone groups is 1. The maximum Gasteiger partial charge on any atom is 0.346 e. The Morgan fingerprint density at radius 3 is 2.58 bits per heavy atom. The number of aromatic carboxylic acids is 1. The number of aldehydes is 1. The first-order valence-electron chi connectivity index (χ1n) is 4.94. The molecule has 2 aromatic heterocycles. The van der Waals surface area contributed by atoms with E-state index in [0.29, 0.717) is 16.7 Å². The summed E-state index contributed by atoms with van der Waals surface area (Å²) in [5.74, 6) is -1.21. The van der Waals surface area contributed by atoms with Gasteiger partial charge in [-0.3, -0.25) is 4.79 Å². The summed E-state index contributed by atoms with van der Waals surface area (Å²) in [6.45, 7) is 0. The fourth-order valence-electron chi connectivity index (χ4n) is 1.65. The van der Waals surface area contributed by atoms with Gasteiger partial charge in [-0.25, -0.2) is 13.2 Å². The maximum atomic E-state index is 11.7. The molecular formula is C11H8O5S3. The smallest absolute Gasteiger partial charge is 0.346 e. The van der Waals surface area contributed by atoms with Crippen LogP contribution in [0.3, 0.4) is 0 Å². The minimum Gasteiger partial charge on any atom is -0.477 e. The molecule has 0 unspecified atom stereocenters. The second-order valence-corrected chi connectivity index (χ2v) is 7.51. The molecule has 2 rings (SSSR count). The molecule has 0 fully saturated rings. The average molecular weight is 316 g/mol. The van der Waals surface area contributed by atoms with Crippen molar-refractivity contribution < 1.29 is 23.1 Å². The Morgan fingerprint density at radius 2 is 2.05 bits per heavy atom. The van der Waals surface area contributed by atoms with Crippen LogP contribution in [-0.4, -0.2) is 32.0 Å². The highest BCUT2D eigenvalue weighted by atomic mass is 32.2. The van der Waals surface area contributed by atoms with E-state index in [0.717, 1.165) is 28.9 Å². The molecule has 0 spiro atoms. The zero-order valence-corrected chi connectivity index (χ0v) is 12.1. The Labute approximate surface area is 117 Å². The zero-order valence-electron chi connectivity index (χ0n) is 9.61.